The van der Waals surface area contributed by atoms with Gasteiger partial charge in [-0.3, -0.25) is 0 Å². The van der Waals surface area contributed by atoms with Crippen LogP contribution >= 0.6 is 0 Å². The van der Waals surface area contributed by atoms with E-state index in [9.17, 15) is 21.6 Å². The van der Waals surface area contributed by atoms with Gasteiger partial charge >= 0.3 is 6.36 Å². The largest absolute Gasteiger partial charge is 0.573 e. The number of para-hydroxylation sites is 1. The summed E-state index contributed by atoms with van der Waals surface area (Å²) in [5, 5.41) is 0. The lowest BCUT2D eigenvalue weighted by Crippen LogP contribution is -2.27. The Morgan fingerprint density at radius 1 is 1.22 bits per heavy atom. The Labute approximate surface area is 133 Å². The Bertz CT molecular complexity index is 588. The molecule has 0 bridgehead atoms. The highest BCUT2D eigenvalue weighted by Gasteiger charge is 2.33. The fraction of sp³-hybridized carbons (Fsp3) is 0.571. The molecule has 0 saturated heterocycles. The van der Waals surface area contributed by atoms with Crippen LogP contribution in [0.1, 0.15) is 20.3 Å². The maximum Gasteiger partial charge on any atom is 0.573 e. The van der Waals surface area contributed by atoms with E-state index in [1.165, 1.54) is 12.1 Å². The predicted octanol–water partition coefficient (Wildman–Crippen LogP) is 2.93. The van der Waals surface area contributed by atoms with E-state index >= 15 is 0 Å². The van der Waals surface area contributed by atoms with Crippen molar-refractivity contribution in [2.24, 2.45) is 5.92 Å². The number of nitrogens with one attached hydrogen (secondary N) is 1. The number of ether oxygens (including phenoxy) is 2. The second-order valence-corrected chi connectivity index (χ2v) is 6.95. The van der Waals surface area contributed by atoms with Crippen LogP contribution in [0.15, 0.2) is 29.2 Å². The first-order valence-electron chi connectivity index (χ1n) is 7.04. The molecular weight excluding hydrogens is 335 g/mol. The van der Waals surface area contributed by atoms with Crippen molar-refractivity contribution in [3.63, 3.8) is 0 Å². The number of sulfonamides is 1. The van der Waals surface area contributed by atoms with E-state index in [0.717, 1.165) is 12.1 Å². The average Bonchev–Trinajstić information content (AvgIpc) is 2.41. The minimum Gasteiger partial charge on any atom is -0.404 e. The van der Waals surface area contributed by atoms with Gasteiger partial charge < -0.3 is 9.47 Å². The Kier molecular flexibility index (Phi) is 7.30. The summed E-state index contributed by atoms with van der Waals surface area (Å²) >= 11 is 0. The lowest BCUT2D eigenvalue weighted by Gasteiger charge is -2.14. The van der Waals surface area contributed by atoms with Gasteiger partial charge in [-0.1, -0.05) is 26.0 Å². The zero-order valence-corrected chi connectivity index (χ0v) is 13.7. The van der Waals surface area contributed by atoms with Gasteiger partial charge in [0.15, 0.2) is 0 Å². The highest BCUT2D eigenvalue weighted by molar-refractivity contribution is 7.89. The molecule has 9 heteroatoms. The van der Waals surface area contributed by atoms with Crippen molar-refractivity contribution in [2.75, 3.05) is 19.8 Å². The average molecular weight is 355 g/mol. The smallest absolute Gasteiger partial charge is 0.404 e. The second-order valence-electron chi connectivity index (χ2n) is 5.21. The number of alkyl halides is 3. The zero-order chi connectivity index (χ0) is 17.5. The molecule has 0 fully saturated rings. The van der Waals surface area contributed by atoms with Crippen molar-refractivity contribution in [1.82, 2.24) is 4.72 Å². The molecule has 0 radical (unpaired) electrons. The van der Waals surface area contributed by atoms with Gasteiger partial charge in [0, 0.05) is 19.8 Å². The summed E-state index contributed by atoms with van der Waals surface area (Å²) in [4.78, 5) is -0.555. The van der Waals surface area contributed by atoms with Gasteiger partial charge in [0.05, 0.1) is 0 Å². The Hall–Kier alpha value is -1.32. The SMILES string of the molecule is CC(C)COCCCNS(=O)(=O)c1ccccc1OC(F)(F)F. The molecule has 0 heterocycles. The van der Waals surface area contributed by atoms with Crippen LogP contribution in [0, 0.1) is 5.92 Å². The van der Waals surface area contributed by atoms with Crippen molar-refractivity contribution < 1.29 is 31.1 Å². The molecule has 132 valence electrons. The summed E-state index contributed by atoms with van der Waals surface area (Å²) in [5.74, 6) is -0.387. The van der Waals surface area contributed by atoms with E-state index in [1.807, 2.05) is 13.8 Å². The number of benzene rings is 1. The van der Waals surface area contributed by atoms with Crippen molar-refractivity contribution in [3.05, 3.63) is 24.3 Å². The molecule has 23 heavy (non-hydrogen) atoms. The van der Waals surface area contributed by atoms with E-state index in [1.54, 1.807) is 0 Å². The first-order chi connectivity index (χ1) is 10.6. The molecule has 0 unspecified atom stereocenters. The molecule has 0 saturated carbocycles. The summed E-state index contributed by atoms with van der Waals surface area (Å²) in [6.45, 7) is 4.96. The van der Waals surface area contributed by atoms with E-state index < -0.39 is 27.0 Å². The molecule has 0 aromatic heterocycles. The molecule has 0 aliphatic carbocycles. The quantitative estimate of drug-likeness (QED) is 0.692. The zero-order valence-electron chi connectivity index (χ0n) is 12.9. The summed E-state index contributed by atoms with van der Waals surface area (Å²) in [5.41, 5.74) is 0. The topological polar surface area (TPSA) is 64.6 Å². The van der Waals surface area contributed by atoms with Gasteiger partial charge in [-0.25, -0.2) is 13.1 Å². The molecule has 0 aliphatic heterocycles. The highest BCUT2D eigenvalue weighted by Crippen LogP contribution is 2.29. The van der Waals surface area contributed by atoms with Crippen molar-refractivity contribution >= 4 is 10.0 Å². The first kappa shape index (κ1) is 19.7. The molecule has 0 spiro atoms. The van der Waals surface area contributed by atoms with Crippen molar-refractivity contribution in [3.8, 4) is 5.75 Å². The van der Waals surface area contributed by atoms with Crippen LogP contribution in [0.3, 0.4) is 0 Å². The van der Waals surface area contributed by atoms with Gasteiger partial charge in [-0.15, -0.1) is 13.2 Å². The fourth-order valence-corrected chi connectivity index (χ4v) is 2.86. The van der Waals surface area contributed by atoms with Crippen molar-refractivity contribution in [1.29, 1.82) is 0 Å². The van der Waals surface area contributed by atoms with E-state index in [0.29, 0.717) is 25.6 Å². The van der Waals surface area contributed by atoms with Crippen molar-refractivity contribution in [2.45, 2.75) is 31.5 Å². The minimum atomic E-state index is -4.96. The summed E-state index contributed by atoms with van der Waals surface area (Å²) in [6, 6.07) is 4.59. The highest BCUT2D eigenvalue weighted by atomic mass is 32.2. The van der Waals surface area contributed by atoms with Crippen LogP contribution in [0.4, 0.5) is 13.2 Å². The van der Waals surface area contributed by atoms with Crippen LogP contribution in [0.25, 0.3) is 0 Å². The maximum absolute atomic E-state index is 12.3. The van der Waals surface area contributed by atoms with Gasteiger partial charge in [-0.05, 0) is 24.5 Å². The molecule has 0 atom stereocenters. The summed E-state index contributed by atoms with van der Waals surface area (Å²) in [6.07, 6.45) is -4.55. The van der Waals surface area contributed by atoms with Crippen LogP contribution in [0.2, 0.25) is 0 Å². The van der Waals surface area contributed by atoms with Crippen LogP contribution in [-0.4, -0.2) is 34.5 Å². The monoisotopic (exact) mass is 355 g/mol. The number of hydrogen-bond donors (Lipinski definition) is 1. The molecule has 1 aromatic rings. The molecule has 1 aromatic carbocycles. The van der Waals surface area contributed by atoms with Crippen LogP contribution in [0.5, 0.6) is 5.75 Å². The van der Waals surface area contributed by atoms with Crippen LogP contribution < -0.4 is 9.46 Å². The number of halogens is 3. The van der Waals surface area contributed by atoms with E-state index in [4.69, 9.17) is 4.74 Å². The van der Waals surface area contributed by atoms with E-state index in [-0.39, 0.29) is 6.54 Å². The summed E-state index contributed by atoms with van der Waals surface area (Å²) < 4.78 is 72.4. The third kappa shape index (κ3) is 7.67. The lowest BCUT2D eigenvalue weighted by atomic mass is 10.2. The molecule has 1 rings (SSSR count). The maximum atomic E-state index is 12.3. The molecule has 0 aliphatic rings. The third-order valence-electron chi connectivity index (χ3n) is 2.57. The Balaban J connectivity index is 2.63. The number of hydrogen-bond acceptors (Lipinski definition) is 4. The summed E-state index contributed by atoms with van der Waals surface area (Å²) in [7, 11) is -4.10. The number of rotatable bonds is 9. The van der Waals surface area contributed by atoms with E-state index in [2.05, 4.69) is 9.46 Å². The Morgan fingerprint density at radius 3 is 2.48 bits per heavy atom. The van der Waals surface area contributed by atoms with Gasteiger partial charge in [0.2, 0.25) is 10.0 Å². The fourth-order valence-electron chi connectivity index (χ4n) is 1.66. The van der Waals surface area contributed by atoms with Crippen LogP contribution in [-0.2, 0) is 14.8 Å². The van der Waals surface area contributed by atoms with Gasteiger partial charge in [0.25, 0.3) is 0 Å². The van der Waals surface area contributed by atoms with Gasteiger partial charge in [-0.2, -0.15) is 0 Å². The predicted molar refractivity (Wildman–Crippen MR) is 78.6 cm³/mol. The standard InChI is InChI=1S/C14H20F3NO4S/c1-11(2)10-21-9-5-8-18-23(19,20)13-7-4-3-6-12(13)22-14(15,16)17/h3-4,6-7,11,18H,5,8-10H2,1-2H3. The van der Waals surface area contributed by atoms with Gasteiger partial charge in [0.1, 0.15) is 10.6 Å². The second kappa shape index (κ2) is 8.51. The molecule has 0 amide bonds. The molecule has 1 N–H and O–H groups in total. The molecular formula is C14H20F3NO4S. The normalized spacial score (nSPS) is 12.6. The lowest BCUT2D eigenvalue weighted by molar-refractivity contribution is -0.275. The Morgan fingerprint density at radius 2 is 1.87 bits per heavy atom. The minimum absolute atomic E-state index is 0.0563. The molecule has 5 nitrogen and oxygen atoms in total. The third-order valence-corrected chi connectivity index (χ3v) is 4.07. The first-order valence-corrected chi connectivity index (χ1v) is 8.52.